The molecule has 1 atom stereocenters. The fraction of sp³-hybridized carbons (Fsp3) is 0.500. The Bertz CT molecular complexity index is 436. The van der Waals surface area contributed by atoms with Gasteiger partial charge in [0, 0.05) is 12.2 Å². The Morgan fingerprint density at radius 3 is 2.61 bits per heavy atom. The number of rotatable bonds is 3. The molecule has 1 aromatic rings. The Balaban J connectivity index is 2.69. The topological polar surface area (TPSA) is 75.3 Å². The largest absolute Gasteiger partial charge is 0.508 e. The summed E-state index contributed by atoms with van der Waals surface area (Å²) < 4.78 is 0. The first-order valence-electron chi connectivity index (χ1n) is 6.08. The molecule has 0 heterocycles. The van der Waals surface area contributed by atoms with Gasteiger partial charge in [-0.1, -0.05) is 27.7 Å². The number of benzene rings is 1. The third-order valence-electron chi connectivity index (χ3n) is 3.33. The predicted octanol–water partition coefficient (Wildman–Crippen LogP) is 2.39. The maximum Gasteiger partial charge on any atom is 0.253 e. The Morgan fingerprint density at radius 1 is 1.44 bits per heavy atom. The van der Waals surface area contributed by atoms with Crippen molar-refractivity contribution in [1.29, 1.82) is 0 Å². The first-order valence-corrected chi connectivity index (χ1v) is 6.08. The van der Waals surface area contributed by atoms with Gasteiger partial charge in [0.2, 0.25) is 0 Å². The number of anilines is 1. The number of carbonyl (C=O) groups is 1. The summed E-state index contributed by atoms with van der Waals surface area (Å²) in [7, 11) is 0. The summed E-state index contributed by atoms with van der Waals surface area (Å²) in [5.74, 6) is 0.137. The molecule has 4 nitrogen and oxygen atoms in total. The van der Waals surface area contributed by atoms with E-state index in [4.69, 9.17) is 5.73 Å². The second-order valence-corrected chi connectivity index (χ2v) is 5.75. The summed E-state index contributed by atoms with van der Waals surface area (Å²) >= 11 is 0. The van der Waals surface area contributed by atoms with Gasteiger partial charge in [-0.25, -0.2) is 0 Å². The summed E-state index contributed by atoms with van der Waals surface area (Å²) in [4.78, 5) is 11.9. The zero-order chi connectivity index (χ0) is 13.9. The molecule has 0 aliphatic rings. The number of amides is 1. The Morgan fingerprint density at radius 2 is 2.06 bits per heavy atom. The van der Waals surface area contributed by atoms with Crippen molar-refractivity contribution in [2.75, 3.05) is 12.3 Å². The molecule has 0 aliphatic carbocycles. The number of nitrogens with one attached hydrogen (secondary N) is 1. The molecule has 1 aromatic carbocycles. The molecule has 0 saturated carbocycles. The fourth-order valence-electron chi connectivity index (χ4n) is 1.39. The average molecular weight is 250 g/mol. The highest BCUT2D eigenvalue weighted by molar-refractivity contribution is 5.99. The molecule has 1 unspecified atom stereocenters. The van der Waals surface area contributed by atoms with Crippen LogP contribution in [-0.2, 0) is 0 Å². The highest BCUT2D eigenvalue weighted by atomic mass is 16.3. The van der Waals surface area contributed by atoms with E-state index >= 15 is 0 Å². The maximum absolute atomic E-state index is 11.9. The molecule has 4 N–H and O–H groups in total. The van der Waals surface area contributed by atoms with Gasteiger partial charge >= 0.3 is 0 Å². The second-order valence-electron chi connectivity index (χ2n) is 5.75. The van der Waals surface area contributed by atoms with E-state index in [1.54, 1.807) is 0 Å². The first kappa shape index (κ1) is 14.4. The van der Waals surface area contributed by atoms with Gasteiger partial charge in [0.25, 0.3) is 5.91 Å². The SMILES string of the molecule is CC(CNC(=O)c1cc(O)ccc1N)C(C)(C)C. The molecule has 1 amide bonds. The monoisotopic (exact) mass is 250 g/mol. The quantitative estimate of drug-likeness (QED) is 0.569. The van der Waals surface area contributed by atoms with Gasteiger partial charge in [-0.05, 0) is 29.5 Å². The lowest BCUT2D eigenvalue weighted by Gasteiger charge is -2.27. The number of aromatic hydroxyl groups is 1. The zero-order valence-corrected chi connectivity index (χ0v) is 11.4. The molecule has 1 rings (SSSR count). The van der Waals surface area contributed by atoms with Crippen molar-refractivity contribution in [3.63, 3.8) is 0 Å². The van der Waals surface area contributed by atoms with E-state index in [2.05, 4.69) is 33.0 Å². The Hall–Kier alpha value is -1.71. The molecule has 100 valence electrons. The van der Waals surface area contributed by atoms with Crippen LogP contribution in [0.1, 0.15) is 38.1 Å². The zero-order valence-electron chi connectivity index (χ0n) is 11.4. The van der Waals surface area contributed by atoms with Crippen molar-refractivity contribution in [3.05, 3.63) is 23.8 Å². The van der Waals surface area contributed by atoms with Gasteiger partial charge in [-0.3, -0.25) is 4.79 Å². The third kappa shape index (κ3) is 3.65. The number of hydrogen-bond acceptors (Lipinski definition) is 3. The number of phenolic OH excluding ortho intramolecular Hbond substituents is 1. The van der Waals surface area contributed by atoms with Crippen molar-refractivity contribution in [1.82, 2.24) is 5.32 Å². The molecule has 0 saturated heterocycles. The molecule has 0 aromatic heterocycles. The van der Waals surface area contributed by atoms with Crippen molar-refractivity contribution in [2.24, 2.45) is 11.3 Å². The van der Waals surface area contributed by atoms with Crippen LogP contribution < -0.4 is 11.1 Å². The minimum Gasteiger partial charge on any atom is -0.508 e. The van der Waals surface area contributed by atoms with Crippen molar-refractivity contribution < 1.29 is 9.90 Å². The van der Waals surface area contributed by atoms with Crippen LogP contribution in [0.3, 0.4) is 0 Å². The van der Waals surface area contributed by atoms with Crippen molar-refractivity contribution >= 4 is 11.6 Å². The number of phenols is 1. The molecular weight excluding hydrogens is 228 g/mol. The normalized spacial score (nSPS) is 13.1. The molecule has 18 heavy (non-hydrogen) atoms. The molecule has 0 fully saturated rings. The highest BCUT2D eigenvalue weighted by Crippen LogP contribution is 2.24. The van der Waals surface area contributed by atoms with E-state index in [0.717, 1.165) is 0 Å². The maximum atomic E-state index is 11.9. The molecule has 0 bridgehead atoms. The van der Waals surface area contributed by atoms with Crippen LogP contribution >= 0.6 is 0 Å². The molecule has 0 aliphatic heterocycles. The van der Waals surface area contributed by atoms with Crippen LogP contribution in [0.2, 0.25) is 0 Å². The van der Waals surface area contributed by atoms with Gasteiger partial charge in [-0.2, -0.15) is 0 Å². The standard InChI is InChI=1S/C14H22N2O2/c1-9(14(2,3)4)8-16-13(18)11-7-10(17)5-6-12(11)15/h5-7,9,17H,8,15H2,1-4H3,(H,16,18). The number of carbonyl (C=O) groups excluding carboxylic acids is 1. The van der Waals surface area contributed by atoms with Crippen LogP contribution in [0.25, 0.3) is 0 Å². The number of nitrogen functional groups attached to an aromatic ring is 1. The second kappa shape index (κ2) is 5.29. The van der Waals surface area contributed by atoms with E-state index in [1.165, 1.54) is 18.2 Å². The smallest absolute Gasteiger partial charge is 0.253 e. The van der Waals surface area contributed by atoms with Gasteiger partial charge in [0.05, 0.1) is 5.56 Å². The van der Waals surface area contributed by atoms with E-state index in [-0.39, 0.29) is 17.1 Å². The average Bonchev–Trinajstić information content (AvgIpc) is 2.27. The molecule has 0 spiro atoms. The minimum absolute atomic E-state index is 0.0400. The predicted molar refractivity (Wildman–Crippen MR) is 73.5 cm³/mol. The van der Waals surface area contributed by atoms with Crippen molar-refractivity contribution in [2.45, 2.75) is 27.7 Å². The molecule has 0 radical (unpaired) electrons. The van der Waals surface area contributed by atoms with Crippen LogP contribution in [0.15, 0.2) is 18.2 Å². The minimum atomic E-state index is -0.250. The van der Waals surface area contributed by atoms with Crippen molar-refractivity contribution in [3.8, 4) is 5.75 Å². The van der Waals surface area contributed by atoms with Gasteiger partial charge < -0.3 is 16.2 Å². The Kier molecular flexibility index (Phi) is 4.22. The van der Waals surface area contributed by atoms with Gasteiger partial charge in [0.15, 0.2) is 0 Å². The fourth-order valence-corrected chi connectivity index (χ4v) is 1.39. The first-order chi connectivity index (χ1) is 8.21. The van der Waals surface area contributed by atoms with Crippen LogP contribution in [0.4, 0.5) is 5.69 Å². The Labute approximate surface area is 108 Å². The van der Waals surface area contributed by atoms with Crippen LogP contribution in [0, 0.1) is 11.3 Å². The lowest BCUT2D eigenvalue weighted by Crippen LogP contribution is -2.34. The van der Waals surface area contributed by atoms with E-state index < -0.39 is 0 Å². The number of nitrogens with two attached hydrogens (primary N) is 1. The van der Waals surface area contributed by atoms with E-state index in [1.807, 2.05) is 0 Å². The molecule has 4 heteroatoms. The van der Waals surface area contributed by atoms with Gasteiger partial charge in [-0.15, -0.1) is 0 Å². The summed E-state index contributed by atoms with van der Waals surface area (Å²) in [6.07, 6.45) is 0. The number of hydrogen-bond donors (Lipinski definition) is 3. The molecular formula is C14H22N2O2. The van der Waals surface area contributed by atoms with E-state index in [0.29, 0.717) is 23.7 Å². The summed E-state index contributed by atoms with van der Waals surface area (Å²) in [6, 6.07) is 4.37. The van der Waals surface area contributed by atoms with E-state index in [9.17, 15) is 9.90 Å². The lowest BCUT2D eigenvalue weighted by atomic mass is 9.82. The third-order valence-corrected chi connectivity index (χ3v) is 3.33. The highest BCUT2D eigenvalue weighted by Gasteiger charge is 2.21. The van der Waals surface area contributed by atoms with Crippen LogP contribution in [-0.4, -0.2) is 17.6 Å². The summed E-state index contributed by atoms with van der Waals surface area (Å²) in [6.45, 7) is 9.06. The van der Waals surface area contributed by atoms with Crippen LogP contribution in [0.5, 0.6) is 5.75 Å². The summed E-state index contributed by atoms with van der Waals surface area (Å²) in [5, 5.41) is 12.2. The van der Waals surface area contributed by atoms with Gasteiger partial charge in [0.1, 0.15) is 5.75 Å². The summed E-state index contributed by atoms with van der Waals surface area (Å²) in [5.41, 5.74) is 6.53. The lowest BCUT2D eigenvalue weighted by molar-refractivity contribution is 0.0937.